The highest BCUT2D eigenvalue weighted by atomic mass is 32.1. The molecule has 0 saturated carbocycles. The molecule has 3 N–H and O–H groups in total. The summed E-state index contributed by atoms with van der Waals surface area (Å²) in [5, 5.41) is 3.18. The summed E-state index contributed by atoms with van der Waals surface area (Å²) in [6.07, 6.45) is 2.62. The minimum absolute atomic E-state index is 0.273. The number of hydrogen-bond donors (Lipinski definition) is 2. The van der Waals surface area contributed by atoms with Gasteiger partial charge >= 0.3 is 0 Å². The number of carbonyl (C=O) groups is 1. The summed E-state index contributed by atoms with van der Waals surface area (Å²) in [5.74, 6) is 0.273. The minimum Gasteiger partial charge on any atom is -0.376 e. The van der Waals surface area contributed by atoms with E-state index in [1.54, 1.807) is 0 Å². The fraction of sp³-hybridized carbons (Fsp3) is 0.750. The Hall–Kier alpha value is -0.840. The zero-order valence-corrected chi connectivity index (χ0v) is 8.40. The third-order valence-electron chi connectivity index (χ3n) is 2.08. The van der Waals surface area contributed by atoms with E-state index >= 15 is 0 Å². The van der Waals surface area contributed by atoms with Crippen molar-refractivity contribution in [2.75, 3.05) is 19.6 Å². The van der Waals surface area contributed by atoms with Crippen LogP contribution < -0.4 is 11.1 Å². The first kappa shape index (κ1) is 10.2. The largest absolute Gasteiger partial charge is 0.376 e. The molecule has 0 unspecified atom stereocenters. The summed E-state index contributed by atoms with van der Waals surface area (Å²) in [4.78, 5) is 13.0. The fourth-order valence-corrected chi connectivity index (χ4v) is 1.52. The van der Waals surface area contributed by atoms with E-state index in [-0.39, 0.29) is 5.91 Å². The lowest BCUT2D eigenvalue weighted by atomic mass is 10.4. The third-order valence-corrected chi connectivity index (χ3v) is 2.22. The molecule has 0 spiro atoms. The number of carbonyl (C=O) groups excluding carboxylic acids is 1. The van der Waals surface area contributed by atoms with Crippen LogP contribution in [0.3, 0.4) is 0 Å². The lowest BCUT2D eigenvalue weighted by Crippen LogP contribution is -2.33. The number of hydrogen-bond acceptors (Lipinski definition) is 2. The smallest absolute Gasteiger partial charge is 0.222 e. The van der Waals surface area contributed by atoms with Gasteiger partial charge < -0.3 is 16.0 Å². The van der Waals surface area contributed by atoms with Crippen LogP contribution in [0.25, 0.3) is 0 Å². The molecular weight excluding hydrogens is 186 g/mol. The summed E-state index contributed by atoms with van der Waals surface area (Å²) in [7, 11) is 0. The fourth-order valence-electron chi connectivity index (χ4n) is 1.42. The SMILES string of the molecule is NC(=S)NCCCN1CCCC1=O. The number of rotatable bonds is 4. The molecule has 0 aromatic rings. The average Bonchev–Trinajstić information content (AvgIpc) is 2.45. The Morgan fingerprint density at radius 3 is 3.00 bits per heavy atom. The molecule has 0 aliphatic carbocycles. The average molecular weight is 201 g/mol. The maximum Gasteiger partial charge on any atom is 0.222 e. The first-order valence-electron chi connectivity index (χ1n) is 4.51. The van der Waals surface area contributed by atoms with Crippen LogP contribution in [0.4, 0.5) is 0 Å². The summed E-state index contributed by atoms with van der Waals surface area (Å²) in [6.45, 7) is 2.47. The van der Waals surface area contributed by atoms with Gasteiger partial charge in [0.2, 0.25) is 5.91 Å². The molecule has 1 heterocycles. The summed E-state index contributed by atoms with van der Waals surface area (Å²) in [6, 6.07) is 0. The molecule has 0 bridgehead atoms. The van der Waals surface area contributed by atoms with Gasteiger partial charge in [0.15, 0.2) is 5.11 Å². The molecule has 1 aliphatic rings. The quantitative estimate of drug-likeness (QED) is 0.490. The van der Waals surface area contributed by atoms with Crippen LogP contribution in [0.1, 0.15) is 19.3 Å². The second-order valence-corrected chi connectivity index (χ2v) is 3.57. The lowest BCUT2D eigenvalue weighted by Gasteiger charge is -2.15. The highest BCUT2D eigenvalue weighted by Gasteiger charge is 2.18. The molecule has 0 radical (unpaired) electrons. The van der Waals surface area contributed by atoms with Crippen LogP contribution in [0.15, 0.2) is 0 Å². The zero-order chi connectivity index (χ0) is 9.68. The molecule has 1 amide bonds. The van der Waals surface area contributed by atoms with Gasteiger partial charge in [0, 0.05) is 26.1 Å². The van der Waals surface area contributed by atoms with Gasteiger partial charge in [0.1, 0.15) is 0 Å². The summed E-state index contributed by atoms with van der Waals surface area (Å²) < 4.78 is 0. The maximum absolute atomic E-state index is 11.2. The zero-order valence-electron chi connectivity index (χ0n) is 7.58. The topological polar surface area (TPSA) is 58.4 Å². The number of likely N-dealkylation sites (tertiary alicyclic amines) is 1. The molecule has 1 saturated heterocycles. The monoisotopic (exact) mass is 201 g/mol. The van der Waals surface area contributed by atoms with E-state index in [1.807, 2.05) is 4.90 Å². The van der Waals surface area contributed by atoms with Crippen LogP contribution in [0.2, 0.25) is 0 Å². The summed E-state index contributed by atoms with van der Waals surface area (Å²) >= 11 is 4.65. The van der Waals surface area contributed by atoms with Crippen molar-refractivity contribution in [3.05, 3.63) is 0 Å². The predicted octanol–water partition coefficient (Wildman–Crippen LogP) is -0.168. The lowest BCUT2D eigenvalue weighted by molar-refractivity contribution is -0.127. The van der Waals surface area contributed by atoms with Crippen molar-refractivity contribution in [2.45, 2.75) is 19.3 Å². The van der Waals surface area contributed by atoms with E-state index in [0.29, 0.717) is 11.5 Å². The number of amides is 1. The number of nitrogens with zero attached hydrogens (tertiary/aromatic N) is 1. The van der Waals surface area contributed by atoms with Crippen LogP contribution in [0, 0.1) is 0 Å². The Kier molecular flexibility index (Phi) is 3.95. The molecule has 1 aliphatic heterocycles. The summed E-state index contributed by atoms with van der Waals surface area (Å²) in [5.41, 5.74) is 5.25. The van der Waals surface area contributed by atoms with E-state index in [1.165, 1.54) is 0 Å². The normalized spacial score (nSPS) is 16.3. The maximum atomic E-state index is 11.2. The molecule has 74 valence electrons. The minimum atomic E-state index is 0.273. The van der Waals surface area contributed by atoms with Crippen molar-refractivity contribution in [2.24, 2.45) is 5.73 Å². The number of nitrogens with one attached hydrogen (secondary N) is 1. The molecule has 4 nitrogen and oxygen atoms in total. The van der Waals surface area contributed by atoms with Crippen molar-refractivity contribution in [3.63, 3.8) is 0 Å². The third kappa shape index (κ3) is 3.59. The van der Waals surface area contributed by atoms with Gasteiger partial charge in [-0.25, -0.2) is 0 Å². The van der Waals surface area contributed by atoms with Crippen LogP contribution >= 0.6 is 12.2 Å². The van der Waals surface area contributed by atoms with Gasteiger partial charge in [-0.05, 0) is 25.1 Å². The van der Waals surface area contributed by atoms with E-state index in [0.717, 1.165) is 32.5 Å². The van der Waals surface area contributed by atoms with Crippen LogP contribution in [0.5, 0.6) is 0 Å². The van der Waals surface area contributed by atoms with Crippen molar-refractivity contribution < 1.29 is 4.79 Å². The second-order valence-electron chi connectivity index (χ2n) is 3.13. The van der Waals surface area contributed by atoms with Gasteiger partial charge in [-0.1, -0.05) is 0 Å². The Labute approximate surface area is 83.5 Å². The molecule has 0 aromatic heterocycles. The molecule has 0 atom stereocenters. The Morgan fingerprint density at radius 2 is 2.46 bits per heavy atom. The molecule has 1 fully saturated rings. The molecule has 5 heteroatoms. The van der Waals surface area contributed by atoms with Gasteiger partial charge in [0.25, 0.3) is 0 Å². The molecular formula is C8H15N3OS. The highest BCUT2D eigenvalue weighted by molar-refractivity contribution is 7.80. The van der Waals surface area contributed by atoms with Gasteiger partial charge in [-0.2, -0.15) is 0 Å². The van der Waals surface area contributed by atoms with Crippen molar-refractivity contribution in [3.8, 4) is 0 Å². The van der Waals surface area contributed by atoms with Crippen molar-refractivity contribution in [1.82, 2.24) is 10.2 Å². The van der Waals surface area contributed by atoms with Gasteiger partial charge in [0.05, 0.1) is 0 Å². The Morgan fingerprint density at radius 1 is 1.69 bits per heavy atom. The first-order chi connectivity index (χ1) is 6.20. The van der Waals surface area contributed by atoms with E-state index in [4.69, 9.17) is 5.73 Å². The molecule has 13 heavy (non-hydrogen) atoms. The van der Waals surface area contributed by atoms with Crippen LogP contribution in [-0.4, -0.2) is 35.6 Å². The molecule has 0 aromatic carbocycles. The molecule has 1 rings (SSSR count). The predicted molar refractivity (Wildman–Crippen MR) is 55.2 cm³/mol. The van der Waals surface area contributed by atoms with Gasteiger partial charge in [-0.3, -0.25) is 4.79 Å². The Bertz CT molecular complexity index is 208. The van der Waals surface area contributed by atoms with Crippen LogP contribution in [-0.2, 0) is 4.79 Å². The standard InChI is InChI=1S/C8H15N3OS/c9-8(13)10-4-2-6-11-5-1-3-7(11)12/h1-6H2,(H3,9,10,13). The first-order valence-corrected chi connectivity index (χ1v) is 4.92. The van der Waals surface area contributed by atoms with E-state index < -0.39 is 0 Å². The second kappa shape index (κ2) is 5.01. The Balaban J connectivity index is 2.05. The number of thiocarbonyl (C=S) groups is 1. The van der Waals surface area contributed by atoms with E-state index in [2.05, 4.69) is 17.5 Å². The number of nitrogens with two attached hydrogens (primary N) is 1. The highest BCUT2D eigenvalue weighted by Crippen LogP contribution is 2.09. The van der Waals surface area contributed by atoms with Gasteiger partial charge in [-0.15, -0.1) is 0 Å². The van der Waals surface area contributed by atoms with Crippen molar-refractivity contribution in [1.29, 1.82) is 0 Å². The van der Waals surface area contributed by atoms with E-state index in [9.17, 15) is 4.79 Å². The van der Waals surface area contributed by atoms with Crippen molar-refractivity contribution >= 4 is 23.2 Å².